The number of nitrogens with one attached hydrogen (secondary N) is 2. The van der Waals surface area contributed by atoms with Crippen LogP contribution in [0.4, 0.5) is 0 Å². The molecular formula is C21H34N3O7P. The summed E-state index contributed by atoms with van der Waals surface area (Å²) in [5.41, 5.74) is 6.07. The third-order valence-corrected chi connectivity index (χ3v) is 5.51. The molecule has 3 atom stereocenters. The lowest BCUT2D eigenvalue weighted by Crippen LogP contribution is -2.55. The Morgan fingerprint density at radius 3 is 2.22 bits per heavy atom. The number of primary amides is 1. The standard InChI is InChI=1S/C21H34N3O7P/c1-4-6-7-8-18(25)23-17(21(27)24-19(20(22)26)14(3)5-2)13-15-9-11-16(12-10-15)31-32(28,29)30/h9-12,14,17,19H,4-8,13H2,1-3H3,(H2,22,26)(H,23,25)(H,24,27)(H2,28,29,30)/t14?,17?,19-/m0/s1. The average Bonchev–Trinajstić information content (AvgIpc) is 2.71. The summed E-state index contributed by atoms with van der Waals surface area (Å²) >= 11 is 0. The molecule has 1 aromatic carbocycles. The van der Waals surface area contributed by atoms with Gasteiger partial charge in [-0.15, -0.1) is 0 Å². The van der Waals surface area contributed by atoms with Crippen molar-refractivity contribution in [3.05, 3.63) is 29.8 Å². The van der Waals surface area contributed by atoms with E-state index in [-0.39, 0.29) is 30.4 Å². The van der Waals surface area contributed by atoms with Gasteiger partial charge in [0, 0.05) is 12.8 Å². The Morgan fingerprint density at radius 1 is 1.09 bits per heavy atom. The second-order valence-electron chi connectivity index (χ2n) is 7.78. The van der Waals surface area contributed by atoms with Crippen LogP contribution < -0.4 is 20.9 Å². The van der Waals surface area contributed by atoms with Gasteiger partial charge in [-0.2, -0.15) is 0 Å². The second kappa shape index (κ2) is 13.2. The van der Waals surface area contributed by atoms with Crippen LogP contribution in [0, 0.1) is 5.92 Å². The molecule has 0 radical (unpaired) electrons. The van der Waals surface area contributed by atoms with E-state index in [0.29, 0.717) is 18.4 Å². The zero-order valence-corrected chi connectivity index (χ0v) is 19.6. The minimum absolute atomic E-state index is 0.0303. The maximum Gasteiger partial charge on any atom is 0.524 e. The van der Waals surface area contributed by atoms with Crippen LogP contribution in [0.25, 0.3) is 0 Å². The Hall–Kier alpha value is -2.42. The van der Waals surface area contributed by atoms with E-state index in [9.17, 15) is 18.9 Å². The highest BCUT2D eigenvalue weighted by Gasteiger charge is 2.28. The molecule has 32 heavy (non-hydrogen) atoms. The normalized spacial score (nSPS) is 14.2. The number of nitrogens with two attached hydrogens (primary N) is 1. The number of phosphoric ester groups is 1. The van der Waals surface area contributed by atoms with Crippen molar-refractivity contribution in [2.24, 2.45) is 11.7 Å². The lowest BCUT2D eigenvalue weighted by atomic mass is 9.97. The SMILES string of the molecule is CCCCCC(=O)NC(Cc1ccc(OP(=O)(O)O)cc1)C(=O)N[C@H](C(N)=O)C(C)CC. The highest BCUT2D eigenvalue weighted by molar-refractivity contribution is 7.46. The first-order chi connectivity index (χ1) is 15.0. The predicted molar refractivity (Wildman–Crippen MR) is 119 cm³/mol. The van der Waals surface area contributed by atoms with E-state index < -0.39 is 31.7 Å². The molecule has 0 saturated carbocycles. The van der Waals surface area contributed by atoms with E-state index in [0.717, 1.165) is 12.8 Å². The quantitative estimate of drug-likeness (QED) is 0.203. The maximum atomic E-state index is 12.9. The molecule has 180 valence electrons. The Kier molecular flexibility index (Phi) is 11.4. The molecule has 0 fully saturated rings. The van der Waals surface area contributed by atoms with Gasteiger partial charge in [0.2, 0.25) is 17.7 Å². The zero-order valence-electron chi connectivity index (χ0n) is 18.7. The van der Waals surface area contributed by atoms with Crippen molar-refractivity contribution >= 4 is 25.5 Å². The van der Waals surface area contributed by atoms with E-state index in [1.165, 1.54) is 24.3 Å². The first-order valence-electron chi connectivity index (χ1n) is 10.7. The Balaban J connectivity index is 2.98. The van der Waals surface area contributed by atoms with Crippen molar-refractivity contribution in [2.45, 2.75) is 71.4 Å². The summed E-state index contributed by atoms with van der Waals surface area (Å²) < 4.78 is 15.5. The first-order valence-corrected chi connectivity index (χ1v) is 12.2. The molecule has 10 nitrogen and oxygen atoms in total. The van der Waals surface area contributed by atoms with Crippen molar-refractivity contribution in [3.8, 4) is 5.75 Å². The number of unbranched alkanes of at least 4 members (excludes halogenated alkanes) is 2. The van der Waals surface area contributed by atoms with Crippen molar-refractivity contribution in [1.29, 1.82) is 0 Å². The molecule has 0 spiro atoms. The molecule has 0 aliphatic heterocycles. The number of carbonyl (C=O) groups excluding carboxylic acids is 3. The highest BCUT2D eigenvalue weighted by atomic mass is 31.2. The van der Waals surface area contributed by atoms with Crippen molar-refractivity contribution in [1.82, 2.24) is 10.6 Å². The Morgan fingerprint density at radius 2 is 1.72 bits per heavy atom. The first kappa shape index (κ1) is 27.6. The summed E-state index contributed by atoms with van der Waals surface area (Å²) in [4.78, 5) is 54.9. The topological polar surface area (TPSA) is 168 Å². The van der Waals surface area contributed by atoms with Gasteiger partial charge in [-0.3, -0.25) is 24.2 Å². The van der Waals surface area contributed by atoms with Gasteiger partial charge in [-0.25, -0.2) is 4.57 Å². The lowest BCUT2D eigenvalue weighted by Gasteiger charge is -2.25. The molecule has 1 aromatic rings. The minimum Gasteiger partial charge on any atom is -0.404 e. The van der Waals surface area contributed by atoms with Gasteiger partial charge in [0.15, 0.2) is 0 Å². The van der Waals surface area contributed by atoms with Gasteiger partial charge in [-0.1, -0.05) is 52.2 Å². The molecule has 0 saturated heterocycles. The van der Waals surface area contributed by atoms with Crippen LogP contribution in [-0.2, 0) is 25.4 Å². The van der Waals surface area contributed by atoms with Crippen molar-refractivity contribution < 1.29 is 33.3 Å². The number of hydrogen-bond donors (Lipinski definition) is 5. The molecule has 0 aliphatic carbocycles. The molecule has 0 aromatic heterocycles. The van der Waals surface area contributed by atoms with Crippen molar-refractivity contribution in [3.63, 3.8) is 0 Å². The smallest absolute Gasteiger partial charge is 0.404 e. The Bertz CT molecular complexity index is 810. The second-order valence-corrected chi connectivity index (χ2v) is 8.95. The molecule has 1 rings (SSSR count). The van der Waals surface area contributed by atoms with Crippen LogP contribution in [0.1, 0.15) is 58.4 Å². The summed E-state index contributed by atoms with van der Waals surface area (Å²) in [6.45, 7) is 5.70. The van der Waals surface area contributed by atoms with Gasteiger partial charge < -0.3 is 20.9 Å². The molecule has 6 N–H and O–H groups in total. The number of amides is 3. The molecular weight excluding hydrogens is 437 g/mol. The monoisotopic (exact) mass is 471 g/mol. The van der Waals surface area contributed by atoms with E-state index in [2.05, 4.69) is 15.2 Å². The summed E-state index contributed by atoms with van der Waals surface area (Å²) in [5, 5.41) is 5.37. The van der Waals surface area contributed by atoms with Gasteiger partial charge in [-0.05, 0) is 30.0 Å². The van der Waals surface area contributed by atoms with E-state index >= 15 is 0 Å². The molecule has 11 heteroatoms. The molecule has 0 bridgehead atoms. The summed E-state index contributed by atoms with van der Waals surface area (Å²) in [6, 6.07) is 3.97. The number of benzene rings is 1. The third kappa shape index (κ3) is 10.3. The van der Waals surface area contributed by atoms with Crippen LogP contribution >= 0.6 is 7.82 Å². The van der Waals surface area contributed by atoms with Gasteiger partial charge in [0.1, 0.15) is 17.8 Å². The van der Waals surface area contributed by atoms with Crippen LogP contribution in [-0.4, -0.2) is 39.6 Å². The predicted octanol–water partition coefficient (Wildman–Crippen LogP) is 1.78. The minimum atomic E-state index is -4.68. The van der Waals surface area contributed by atoms with Gasteiger partial charge >= 0.3 is 7.82 Å². The zero-order chi connectivity index (χ0) is 24.3. The summed E-state index contributed by atoms with van der Waals surface area (Å²) in [5.74, 6) is -1.67. The van der Waals surface area contributed by atoms with Crippen LogP contribution in [0.5, 0.6) is 5.75 Å². The maximum absolute atomic E-state index is 12.9. The van der Waals surface area contributed by atoms with Crippen LogP contribution in [0.15, 0.2) is 24.3 Å². The van der Waals surface area contributed by atoms with Crippen LogP contribution in [0.2, 0.25) is 0 Å². The van der Waals surface area contributed by atoms with E-state index in [1.54, 1.807) is 6.92 Å². The molecule has 0 heterocycles. The molecule has 3 amide bonds. The lowest BCUT2D eigenvalue weighted by molar-refractivity contribution is -0.132. The molecule has 0 aliphatic rings. The Labute approximate surface area is 188 Å². The fourth-order valence-electron chi connectivity index (χ4n) is 3.05. The fourth-order valence-corrected chi connectivity index (χ4v) is 3.45. The number of rotatable bonds is 14. The fraction of sp³-hybridized carbons (Fsp3) is 0.571. The summed E-state index contributed by atoms with van der Waals surface area (Å²) in [7, 11) is -4.68. The van der Waals surface area contributed by atoms with Crippen molar-refractivity contribution in [2.75, 3.05) is 0 Å². The number of phosphoric acid groups is 1. The van der Waals surface area contributed by atoms with Crippen LogP contribution in [0.3, 0.4) is 0 Å². The largest absolute Gasteiger partial charge is 0.524 e. The van der Waals surface area contributed by atoms with E-state index in [1.807, 2.05) is 13.8 Å². The molecule has 2 unspecified atom stereocenters. The average molecular weight is 471 g/mol. The number of hydrogen-bond acceptors (Lipinski definition) is 5. The highest BCUT2D eigenvalue weighted by Crippen LogP contribution is 2.37. The summed E-state index contributed by atoms with van der Waals surface area (Å²) in [6.07, 6.45) is 3.55. The van der Waals surface area contributed by atoms with E-state index in [4.69, 9.17) is 15.5 Å². The number of carbonyl (C=O) groups is 3. The van der Waals surface area contributed by atoms with Gasteiger partial charge in [0.05, 0.1) is 0 Å². The van der Waals surface area contributed by atoms with Gasteiger partial charge in [0.25, 0.3) is 0 Å². The third-order valence-electron chi connectivity index (χ3n) is 5.06.